The minimum absolute atomic E-state index is 0.551. The predicted molar refractivity (Wildman–Crippen MR) is 71.4 cm³/mol. The highest BCUT2D eigenvalue weighted by Gasteiger charge is 2.30. The van der Waals surface area contributed by atoms with E-state index in [0.717, 1.165) is 42.3 Å². The lowest BCUT2D eigenvalue weighted by Crippen LogP contribution is -2.33. The van der Waals surface area contributed by atoms with E-state index in [-0.39, 0.29) is 0 Å². The second-order valence-corrected chi connectivity index (χ2v) is 5.06. The average molecular weight is 243 g/mol. The number of nitrogens with one attached hydrogen (secondary N) is 1. The Hall–Kier alpha value is -1.68. The van der Waals surface area contributed by atoms with Gasteiger partial charge < -0.3 is 10.4 Å². The van der Waals surface area contributed by atoms with E-state index in [9.17, 15) is 5.11 Å². The van der Waals surface area contributed by atoms with Gasteiger partial charge in [0.2, 0.25) is 0 Å². The quantitative estimate of drug-likeness (QED) is 0.868. The maximum Gasteiger partial charge on any atom is 0.0950 e. The molecule has 4 nitrogen and oxygen atoms in total. The minimum atomic E-state index is -0.551. The lowest BCUT2D eigenvalue weighted by molar-refractivity contribution is 0.0615. The first kappa shape index (κ1) is 11.4. The standard InChI is InChI=1S/C14H17N3O/c18-14(7-3-4-8-14)10-15-13-9-16-17-12-6-2-1-5-11(12)13/h1-2,5-6,9,18H,3-4,7-8,10H2,(H,15,17). The van der Waals surface area contributed by atoms with Gasteiger partial charge in [0.15, 0.2) is 0 Å². The van der Waals surface area contributed by atoms with Crippen LogP contribution in [0.25, 0.3) is 10.9 Å². The van der Waals surface area contributed by atoms with Crippen LogP contribution in [0.4, 0.5) is 5.69 Å². The summed E-state index contributed by atoms with van der Waals surface area (Å²) < 4.78 is 0. The van der Waals surface area contributed by atoms with Crippen LogP contribution in [0.2, 0.25) is 0 Å². The van der Waals surface area contributed by atoms with Crippen molar-refractivity contribution in [2.24, 2.45) is 0 Å². The zero-order chi connectivity index (χ0) is 12.4. The number of nitrogens with zero attached hydrogens (tertiary/aromatic N) is 2. The molecule has 1 aliphatic carbocycles. The Morgan fingerprint density at radius 2 is 2.00 bits per heavy atom. The van der Waals surface area contributed by atoms with Crippen LogP contribution in [0.15, 0.2) is 30.5 Å². The smallest absolute Gasteiger partial charge is 0.0950 e. The SMILES string of the molecule is OC1(CNc2cnnc3ccccc23)CCCC1. The molecule has 1 aromatic carbocycles. The van der Waals surface area contributed by atoms with E-state index in [2.05, 4.69) is 15.5 Å². The highest BCUT2D eigenvalue weighted by atomic mass is 16.3. The molecule has 4 heteroatoms. The number of hydrogen-bond donors (Lipinski definition) is 2. The van der Waals surface area contributed by atoms with Gasteiger partial charge in [-0.25, -0.2) is 0 Å². The Balaban J connectivity index is 1.82. The fourth-order valence-corrected chi connectivity index (χ4v) is 2.62. The summed E-state index contributed by atoms with van der Waals surface area (Å²) in [6.07, 6.45) is 5.73. The van der Waals surface area contributed by atoms with Crippen molar-refractivity contribution in [2.45, 2.75) is 31.3 Å². The molecule has 2 N–H and O–H groups in total. The lowest BCUT2D eigenvalue weighted by Gasteiger charge is -2.23. The Labute approximate surface area is 106 Å². The second kappa shape index (κ2) is 4.53. The molecule has 0 atom stereocenters. The fraction of sp³-hybridized carbons (Fsp3) is 0.429. The number of hydrogen-bond acceptors (Lipinski definition) is 4. The summed E-state index contributed by atoms with van der Waals surface area (Å²) >= 11 is 0. The molecule has 1 fully saturated rings. The van der Waals surface area contributed by atoms with Crippen LogP contribution < -0.4 is 5.32 Å². The number of aromatic nitrogens is 2. The van der Waals surface area contributed by atoms with Crippen LogP contribution in [-0.4, -0.2) is 27.4 Å². The van der Waals surface area contributed by atoms with Gasteiger partial charge in [0.05, 0.1) is 23.0 Å². The first-order chi connectivity index (χ1) is 8.77. The predicted octanol–water partition coefficient (Wildman–Crippen LogP) is 2.35. The van der Waals surface area contributed by atoms with Gasteiger partial charge in [-0.1, -0.05) is 31.0 Å². The van der Waals surface area contributed by atoms with Crippen molar-refractivity contribution in [3.05, 3.63) is 30.5 Å². The number of aliphatic hydroxyl groups is 1. The topological polar surface area (TPSA) is 58.0 Å². The molecule has 2 aromatic rings. The summed E-state index contributed by atoms with van der Waals surface area (Å²) in [5, 5.41) is 22.8. The van der Waals surface area contributed by atoms with Crippen molar-refractivity contribution in [3.8, 4) is 0 Å². The van der Waals surface area contributed by atoms with Crippen molar-refractivity contribution in [2.75, 3.05) is 11.9 Å². The Morgan fingerprint density at radius 1 is 1.22 bits per heavy atom. The number of rotatable bonds is 3. The molecule has 18 heavy (non-hydrogen) atoms. The van der Waals surface area contributed by atoms with Crippen LogP contribution in [0, 0.1) is 0 Å². The molecule has 0 unspecified atom stereocenters. The normalized spacial score (nSPS) is 18.1. The van der Waals surface area contributed by atoms with Crippen LogP contribution in [-0.2, 0) is 0 Å². The van der Waals surface area contributed by atoms with Crippen molar-refractivity contribution in [1.29, 1.82) is 0 Å². The maximum atomic E-state index is 10.3. The Bertz CT molecular complexity index is 544. The van der Waals surface area contributed by atoms with Gasteiger partial charge in [-0.05, 0) is 18.9 Å². The molecule has 1 saturated carbocycles. The van der Waals surface area contributed by atoms with Crippen molar-refractivity contribution < 1.29 is 5.11 Å². The van der Waals surface area contributed by atoms with Crippen LogP contribution in [0.5, 0.6) is 0 Å². The minimum Gasteiger partial charge on any atom is -0.388 e. The lowest BCUT2D eigenvalue weighted by atomic mass is 10.0. The van der Waals surface area contributed by atoms with Crippen LogP contribution in [0.1, 0.15) is 25.7 Å². The molecule has 0 spiro atoms. The summed E-state index contributed by atoms with van der Waals surface area (Å²) in [5.74, 6) is 0. The highest BCUT2D eigenvalue weighted by Crippen LogP contribution is 2.30. The summed E-state index contributed by atoms with van der Waals surface area (Å²) in [4.78, 5) is 0. The molecule has 1 aromatic heterocycles. The molecule has 3 rings (SSSR count). The van der Waals surface area contributed by atoms with Crippen LogP contribution >= 0.6 is 0 Å². The van der Waals surface area contributed by atoms with E-state index in [0.29, 0.717) is 6.54 Å². The largest absolute Gasteiger partial charge is 0.388 e. The summed E-state index contributed by atoms with van der Waals surface area (Å²) in [6.45, 7) is 0.586. The average Bonchev–Trinajstić information content (AvgIpc) is 2.84. The van der Waals surface area contributed by atoms with Gasteiger partial charge in [-0.3, -0.25) is 0 Å². The fourth-order valence-electron chi connectivity index (χ4n) is 2.62. The van der Waals surface area contributed by atoms with E-state index in [1.54, 1.807) is 6.20 Å². The van der Waals surface area contributed by atoms with Gasteiger partial charge in [0.1, 0.15) is 0 Å². The zero-order valence-corrected chi connectivity index (χ0v) is 10.3. The van der Waals surface area contributed by atoms with Gasteiger partial charge in [0, 0.05) is 11.9 Å². The van der Waals surface area contributed by atoms with Crippen molar-refractivity contribution in [3.63, 3.8) is 0 Å². The zero-order valence-electron chi connectivity index (χ0n) is 10.3. The van der Waals surface area contributed by atoms with Gasteiger partial charge >= 0.3 is 0 Å². The number of benzene rings is 1. The van der Waals surface area contributed by atoms with Gasteiger partial charge in [-0.15, -0.1) is 0 Å². The first-order valence-electron chi connectivity index (χ1n) is 6.44. The number of fused-ring (bicyclic) bond motifs is 1. The third kappa shape index (κ3) is 2.16. The van der Waals surface area contributed by atoms with E-state index in [1.807, 2.05) is 24.3 Å². The summed E-state index contributed by atoms with van der Waals surface area (Å²) in [5.41, 5.74) is 1.27. The Kier molecular flexibility index (Phi) is 2.88. The maximum absolute atomic E-state index is 10.3. The van der Waals surface area contributed by atoms with Crippen molar-refractivity contribution >= 4 is 16.6 Å². The molecule has 1 heterocycles. The molecule has 0 aliphatic heterocycles. The van der Waals surface area contributed by atoms with Gasteiger partial charge in [-0.2, -0.15) is 10.2 Å². The third-order valence-corrected chi connectivity index (χ3v) is 3.69. The third-order valence-electron chi connectivity index (χ3n) is 3.69. The van der Waals surface area contributed by atoms with E-state index >= 15 is 0 Å². The molecule has 94 valence electrons. The Morgan fingerprint density at radius 3 is 2.83 bits per heavy atom. The molecule has 0 saturated heterocycles. The van der Waals surface area contributed by atoms with E-state index < -0.39 is 5.60 Å². The number of anilines is 1. The molecular formula is C14H17N3O. The van der Waals surface area contributed by atoms with Gasteiger partial charge in [0.25, 0.3) is 0 Å². The molecular weight excluding hydrogens is 226 g/mol. The summed E-state index contributed by atoms with van der Waals surface area (Å²) in [7, 11) is 0. The first-order valence-corrected chi connectivity index (χ1v) is 6.44. The van der Waals surface area contributed by atoms with E-state index in [4.69, 9.17) is 0 Å². The molecule has 0 bridgehead atoms. The highest BCUT2D eigenvalue weighted by molar-refractivity contribution is 5.90. The second-order valence-electron chi connectivity index (χ2n) is 5.06. The monoisotopic (exact) mass is 243 g/mol. The van der Waals surface area contributed by atoms with E-state index in [1.165, 1.54) is 0 Å². The molecule has 0 amide bonds. The molecule has 1 aliphatic rings. The summed E-state index contributed by atoms with van der Waals surface area (Å²) in [6, 6.07) is 7.90. The van der Waals surface area contributed by atoms with Crippen LogP contribution in [0.3, 0.4) is 0 Å². The van der Waals surface area contributed by atoms with Crippen molar-refractivity contribution in [1.82, 2.24) is 10.2 Å². The molecule has 0 radical (unpaired) electrons.